The van der Waals surface area contributed by atoms with Gasteiger partial charge in [-0.25, -0.2) is 9.19 Å². The number of anilines is 1. The summed E-state index contributed by atoms with van der Waals surface area (Å²) in [4.78, 5) is 34.0. The van der Waals surface area contributed by atoms with Gasteiger partial charge in [-0.2, -0.15) is 5.10 Å². The number of hydrogen-bond acceptors (Lipinski definition) is 8. The number of carbonyl (C=O) groups excluding carboxylic acids is 2. The van der Waals surface area contributed by atoms with Gasteiger partial charge in [-0.05, 0) is 91.7 Å². The maximum atomic E-state index is 14.4. The van der Waals surface area contributed by atoms with Crippen molar-refractivity contribution >= 4 is 39.1 Å². The van der Waals surface area contributed by atoms with Gasteiger partial charge in [0, 0.05) is 38.5 Å². The number of nitrogens with one attached hydrogen (secondary N) is 1. The molecule has 13 heteroatoms. The fraction of sp³-hybridized carbons (Fsp3) is 0.486. The highest BCUT2D eigenvalue weighted by Crippen LogP contribution is 2.41. The van der Waals surface area contributed by atoms with Crippen molar-refractivity contribution < 1.29 is 23.3 Å². The number of halogens is 1. The van der Waals surface area contributed by atoms with Crippen LogP contribution in [0, 0.1) is 17.8 Å². The van der Waals surface area contributed by atoms with E-state index in [4.69, 9.17) is 26.1 Å². The van der Waals surface area contributed by atoms with E-state index < -0.39 is 21.7 Å². The quantitative estimate of drug-likeness (QED) is 0.342. The minimum atomic E-state index is -3.56. The number of hydrogen-bond donors (Lipinski definition) is 1. The van der Waals surface area contributed by atoms with Crippen LogP contribution in [0.3, 0.4) is 0 Å². The first-order chi connectivity index (χ1) is 23.1. The second-order valence-corrected chi connectivity index (χ2v) is 15.6. The van der Waals surface area contributed by atoms with E-state index in [0.717, 1.165) is 37.7 Å². The van der Waals surface area contributed by atoms with Crippen molar-refractivity contribution in [1.82, 2.24) is 19.5 Å². The number of rotatable bonds is 3. The van der Waals surface area contributed by atoms with Crippen LogP contribution in [0.1, 0.15) is 71.0 Å². The number of amides is 2. The van der Waals surface area contributed by atoms with Crippen molar-refractivity contribution in [3.8, 4) is 5.75 Å². The van der Waals surface area contributed by atoms with Crippen LogP contribution in [0.2, 0.25) is 5.02 Å². The first kappa shape index (κ1) is 34.1. The molecule has 1 unspecified atom stereocenters. The van der Waals surface area contributed by atoms with Gasteiger partial charge < -0.3 is 14.4 Å². The minimum Gasteiger partial charge on any atom is -0.490 e. The normalized spacial score (nSPS) is 27.2. The van der Waals surface area contributed by atoms with Crippen molar-refractivity contribution in [1.29, 1.82) is 0 Å². The Morgan fingerprint density at radius 2 is 2.02 bits per heavy atom. The molecule has 4 heterocycles. The van der Waals surface area contributed by atoms with Crippen LogP contribution in [-0.2, 0) is 34.7 Å². The largest absolute Gasteiger partial charge is 0.490 e. The van der Waals surface area contributed by atoms with E-state index in [1.165, 1.54) is 22.6 Å². The van der Waals surface area contributed by atoms with Crippen molar-refractivity contribution in [2.45, 2.75) is 58.1 Å². The predicted molar refractivity (Wildman–Crippen MR) is 186 cm³/mol. The van der Waals surface area contributed by atoms with Crippen molar-refractivity contribution in [2.75, 3.05) is 30.9 Å². The predicted octanol–water partition coefficient (Wildman–Crippen LogP) is 5.78. The summed E-state index contributed by atoms with van der Waals surface area (Å²) in [5, 5.41) is 4.74. The fourth-order valence-corrected chi connectivity index (χ4v) is 8.84. The number of benzene rings is 1. The van der Waals surface area contributed by atoms with Gasteiger partial charge in [-0.15, -0.1) is 4.36 Å². The Hall–Kier alpha value is -3.74. The van der Waals surface area contributed by atoms with Crippen LogP contribution < -0.4 is 14.4 Å². The maximum Gasteiger partial charge on any atom is 0.305 e. The molecule has 6 rings (SSSR count). The van der Waals surface area contributed by atoms with E-state index in [1.54, 1.807) is 26.3 Å². The molecule has 5 atom stereocenters. The first-order valence-electron chi connectivity index (χ1n) is 16.6. The average Bonchev–Trinajstić information content (AvgIpc) is 3.47. The summed E-state index contributed by atoms with van der Waals surface area (Å²) < 4.78 is 34.9. The summed E-state index contributed by atoms with van der Waals surface area (Å²) in [5.74, 6) is 0.133. The lowest BCUT2D eigenvalue weighted by Gasteiger charge is -2.43. The standard InChI is InChI=1S/C35H43ClN6O5S/c1-23-7-6-9-31(46-3)29-13-11-26(29)21-42-20-25-10-12-28(36)17-24(25)8-4-5-16-47-32-15-14-30(38-33(32)42)35(44)40-48(45,22-23)39-34(43)27-18-37-41(2)19-27/h6,9-10,12,14-15,17-19,23,26,29,31H,4-5,7-8,11,13,16,20-22H2,1-3H3,(H,39,40,43,44,45)/b9-6+/t23-,26-,29+,31-,48?/m0/s1. The van der Waals surface area contributed by atoms with Crippen molar-refractivity contribution in [3.63, 3.8) is 0 Å². The Morgan fingerprint density at radius 3 is 2.77 bits per heavy atom. The molecule has 1 aliphatic carbocycles. The zero-order valence-electron chi connectivity index (χ0n) is 27.6. The molecule has 2 aromatic heterocycles. The number of pyridine rings is 1. The number of aryl methyl sites for hydroxylation is 2. The summed E-state index contributed by atoms with van der Waals surface area (Å²) in [6, 6.07) is 9.32. The molecule has 2 aliphatic heterocycles. The lowest BCUT2D eigenvalue weighted by molar-refractivity contribution is 0.0133. The van der Waals surface area contributed by atoms with Crippen LogP contribution in [-0.4, -0.2) is 62.9 Å². The molecule has 1 fully saturated rings. The van der Waals surface area contributed by atoms with E-state index in [9.17, 15) is 13.8 Å². The Kier molecular flexibility index (Phi) is 10.5. The highest BCUT2D eigenvalue weighted by molar-refractivity contribution is 7.92. The van der Waals surface area contributed by atoms with Crippen LogP contribution in [0.15, 0.2) is 59.2 Å². The van der Waals surface area contributed by atoms with Gasteiger partial charge in [0.15, 0.2) is 11.6 Å². The van der Waals surface area contributed by atoms with E-state index in [1.807, 2.05) is 25.1 Å². The summed E-state index contributed by atoms with van der Waals surface area (Å²) >= 11 is 6.44. The summed E-state index contributed by atoms with van der Waals surface area (Å²) in [5.41, 5.74) is 2.56. The van der Waals surface area contributed by atoms with Gasteiger partial charge in [0.2, 0.25) is 0 Å². The first-order valence-corrected chi connectivity index (χ1v) is 18.6. The van der Waals surface area contributed by atoms with E-state index >= 15 is 0 Å². The monoisotopic (exact) mass is 694 g/mol. The molecule has 0 radical (unpaired) electrons. The maximum absolute atomic E-state index is 14.4. The molecule has 0 saturated heterocycles. The SMILES string of the molecule is CO[C@H]1/C=C/C[C@H](C)CS(=O)(NC(=O)c2cnn(C)c2)=NC(=O)c2ccc3c(n2)N(Cc2ccc(Cl)cc2CCCCO3)C[C@@H]2CC[C@H]21. The molecule has 3 aromatic rings. The van der Waals surface area contributed by atoms with Gasteiger partial charge in [-0.3, -0.25) is 19.0 Å². The third kappa shape index (κ3) is 7.93. The number of methoxy groups -OCH3 is 1. The molecule has 48 heavy (non-hydrogen) atoms. The van der Waals surface area contributed by atoms with Gasteiger partial charge in [0.1, 0.15) is 15.6 Å². The van der Waals surface area contributed by atoms with Gasteiger partial charge in [-0.1, -0.05) is 36.7 Å². The highest BCUT2D eigenvalue weighted by Gasteiger charge is 2.38. The molecule has 1 N–H and O–H groups in total. The molecular formula is C35H43ClN6O5S. The number of ether oxygens (including phenoxy) is 2. The molecule has 0 spiro atoms. The third-order valence-electron chi connectivity index (χ3n) is 9.44. The van der Waals surface area contributed by atoms with E-state index in [0.29, 0.717) is 54.5 Å². The van der Waals surface area contributed by atoms with Crippen LogP contribution in [0.5, 0.6) is 5.75 Å². The summed E-state index contributed by atoms with van der Waals surface area (Å²) in [6.07, 6.45) is 12.3. The lowest BCUT2D eigenvalue weighted by atomic mass is 9.70. The number of fused-ring (bicyclic) bond motifs is 3. The topological polar surface area (TPSA) is 128 Å². The van der Waals surface area contributed by atoms with Crippen molar-refractivity contribution in [2.24, 2.45) is 29.2 Å². The number of aromatic nitrogens is 3. The van der Waals surface area contributed by atoms with Crippen LogP contribution in [0.25, 0.3) is 0 Å². The molecule has 256 valence electrons. The number of carbonyl (C=O) groups is 2. The molecule has 1 aromatic carbocycles. The van der Waals surface area contributed by atoms with Crippen LogP contribution >= 0.6 is 11.6 Å². The Bertz CT molecular complexity index is 1820. The molecule has 2 amide bonds. The zero-order valence-corrected chi connectivity index (χ0v) is 29.2. The Labute approximate surface area is 287 Å². The lowest BCUT2D eigenvalue weighted by Crippen LogP contribution is -2.43. The molecule has 11 nitrogen and oxygen atoms in total. The molecule has 1 saturated carbocycles. The number of nitrogens with zero attached hydrogens (tertiary/aromatic N) is 5. The fourth-order valence-electron chi connectivity index (χ4n) is 6.76. The Balaban J connectivity index is 1.45. The smallest absolute Gasteiger partial charge is 0.305 e. The minimum absolute atomic E-state index is 0.0245. The Morgan fingerprint density at radius 1 is 1.17 bits per heavy atom. The van der Waals surface area contributed by atoms with Gasteiger partial charge in [0.25, 0.3) is 5.91 Å². The molecule has 2 bridgehead atoms. The van der Waals surface area contributed by atoms with Gasteiger partial charge >= 0.3 is 5.91 Å². The highest BCUT2D eigenvalue weighted by atomic mass is 35.5. The van der Waals surface area contributed by atoms with Crippen LogP contribution in [0.4, 0.5) is 5.82 Å². The van der Waals surface area contributed by atoms with E-state index in [2.05, 4.69) is 31.2 Å². The zero-order chi connectivity index (χ0) is 33.8. The number of allylic oxidation sites excluding steroid dienone is 1. The van der Waals surface area contributed by atoms with Crippen molar-refractivity contribution in [3.05, 3.63) is 82.3 Å². The second kappa shape index (κ2) is 14.8. The molecular weight excluding hydrogens is 652 g/mol. The average molecular weight is 695 g/mol. The third-order valence-corrected chi connectivity index (χ3v) is 11.7. The molecule has 3 aliphatic rings. The summed E-state index contributed by atoms with van der Waals surface area (Å²) in [7, 11) is -0.140. The summed E-state index contributed by atoms with van der Waals surface area (Å²) in [6.45, 7) is 3.63. The van der Waals surface area contributed by atoms with Gasteiger partial charge in [0.05, 0.1) is 30.2 Å². The second-order valence-electron chi connectivity index (χ2n) is 13.1. The van der Waals surface area contributed by atoms with E-state index in [-0.39, 0.29) is 29.0 Å².